The summed E-state index contributed by atoms with van der Waals surface area (Å²) in [5, 5.41) is 8.09. The number of nitrogens with zero attached hydrogens (tertiary/aromatic N) is 6. The maximum atomic E-state index is 12.1. The summed E-state index contributed by atoms with van der Waals surface area (Å²) >= 11 is 0. The van der Waals surface area contributed by atoms with Crippen LogP contribution in [0.1, 0.15) is 32.0 Å². The van der Waals surface area contributed by atoms with E-state index in [0.29, 0.717) is 23.3 Å². The van der Waals surface area contributed by atoms with Crippen molar-refractivity contribution >= 4 is 5.65 Å². The average Bonchev–Trinajstić information content (AvgIpc) is 3.03. The zero-order valence-electron chi connectivity index (χ0n) is 11.9. The highest BCUT2D eigenvalue weighted by molar-refractivity contribution is 5.31. The van der Waals surface area contributed by atoms with Crippen molar-refractivity contribution in [3.05, 3.63) is 40.8 Å². The molecule has 3 heterocycles. The quantitative estimate of drug-likeness (QED) is 0.693. The average molecular weight is 288 g/mol. The van der Waals surface area contributed by atoms with Crippen LogP contribution in [-0.2, 0) is 13.0 Å². The van der Waals surface area contributed by atoms with Crippen molar-refractivity contribution in [3.8, 4) is 0 Å². The van der Waals surface area contributed by atoms with E-state index >= 15 is 0 Å². The van der Waals surface area contributed by atoms with Gasteiger partial charge < -0.3 is 4.52 Å². The first kappa shape index (κ1) is 13.5. The molecule has 0 saturated heterocycles. The predicted octanol–water partition coefficient (Wildman–Crippen LogP) is 0.911. The van der Waals surface area contributed by atoms with Gasteiger partial charge in [0, 0.05) is 18.8 Å². The SMILES string of the molecule is CC(C)CCc1noc(Cn2nc3cnccn3c2=O)n1. The Morgan fingerprint density at radius 2 is 2.24 bits per heavy atom. The van der Waals surface area contributed by atoms with Crippen LogP contribution in [0.2, 0.25) is 0 Å². The summed E-state index contributed by atoms with van der Waals surface area (Å²) < 4.78 is 7.87. The number of aryl methyl sites for hydroxylation is 1. The lowest BCUT2D eigenvalue weighted by Crippen LogP contribution is -2.21. The van der Waals surface area contributed by atoms with Crippen molar-refractivity contribution in [3.63, 3.8) is 0 Å². The molecule has 0 aromatic carbocycles. The minimum absolute atomic E-state index is 0.162. The second-order valence-electron chi connectivity index (χ2n) is 5.28. The number of fused-ring (bicyclic) bond motifs is 1. The minimum Gasteiger partial charge on any atom is -0.337 e. The van der Waals surface area contributed by atoms with Crippen LogP contribution in [0.3, 0.4) is 0 Å². The molecule has 8 heteroatoms. The Kier molecular flexibility index (Phi) is 3.51. The van der Waals surface area contributed by atoms with Gasteiger partial charge >= 0.3 is 5.69 Å². The molecule has 110 valence electrons. The maximum absolute atomic E-state index is 12.1. The van der Waals surface area contributed by atoms with Gasteiger partial charge in [-0.1, -0.05) is 19.0 Å². The van der Waals surface area contributed by atoms with Gasteiger partial charge in [-0.25, -0.2) is 13.9 Å². The van der Waals surface area contributed by atoms with E-state index in [-0.39, 0.29) is 12.2 Å². The molecule has 0 aliphatic rings. The molecule has 21 heavy (non-hydrogen) atoms. The Balaban J connectivity index is 1.79. The lowest BCUT2D eigenvalue weighted by molar-refractivity contribution is 0.358. The Bertz CT molecular complexity index is 800. The summed E-state index contributed by atoms with van der Waals surface area (Å²) in [7, 11) is 0. The first-order valence-corrected chi connectivity index (χ1v) is 6.84. The van der Waals surface area contributed by atoms with Crippen molar-refractivity contribution < 1.29 is 4.52 Å². The Morgan fingerprint density at radius 1 is 1.38 bits per heavy atom. The second kappa shape index (κ2) is 5.47. The van der Waals surface area contributed by atoms with Crippen LogP contribution < -0.4 is 5.69 Å². The van der Waals surface area contributed by atoms with E-state index in [0.717, 1.165) is 12.8 Å². The molecule has 0 spiro atoms. The van der Waals surface area contributed by atoms with Crippen molar-refractivity contribution in [2.75, 3.05) is 0 Å². The fraction of sp³-hybridized carbons (Fsp3) is 0.462. The van der Waals surface area contributed by atoms with Crippen molar-refractivity contribution in [1.82, 2.24) is 29.3 Å². The molecule has 8 nitrogen and oxygen atoms in total. The van der Waals surface area contributed by atoms with E-state index in [1.54, 1.807) is 6.20 Å². The minimum atomic E-state index is -0.255. The summed E-state index contributed by atoms with van der Waals surface area (Å²) in [6.07, 6.45) is 6.41. The van der Waals surface area contributed by atoms with Crippen molar-refractivity contribution in [1.29, 1.82) is 0 Å². The molecule has 0 radical (unpaired) electrons. The van der Waals surface area contributed by atoms with Crippen LogP contribution >= 0.6 is 0 Å². The number of hydrogen-bond donors (Lipinski definition) is 0. The highest BCUT2D eigenvalue weighted by Crippen LogP contribution is 2.07. The third kappa shape index (κ3) is 2.83. The van der Waals surface area contributed by atoms with Crippen LogP contribution in [0, 0.1) is 5.92 Å². The maximum Gasteiger partial charge on any atom is 0.350 e. The molecule has 0 unspecified atom stereocenters. The van der Waals surface area contributed by atoms with Crippen LogP contribution in [0.25, 0.3) is 5.65 Å². The molecule has 0 saturated carbocycles. The fourth-order valence-electron chi connectivity index (χ4n) is 1.98. The fourth-order valence-corrected chi connectivity index (χ4v) is 1.98. The molecule has 0 amide bonds. The largest absolute Gasteiger partial charge is 0.350 e. The highest BCUT2D eigenvalue weighted by Gasteiger charge is 2.12. The number of aromatic nitrogens is 6. The lowest BCUT2D eigenvalue weighted by Gasteiger charge is -1.98. The van der Waals surface area contributed by atoms with Gasteiger partial charge in [-0.3, -0.25) is 4.98 Å². The van der Waals surface area contributed by atoms with E-state index in [1.165, 1.54) is 21.5 Å². The molecule has 0 fully saturated rings. The second-order valence-corrected chi connectivity index (χ2v) is 5.28. The van der Waals surface area contributed by atoms with Gasteiger partial charge in [-0.05, 0) is 12.3 Å². The summed E-state index contributed by atoms with van der Waals surface area (Å²) in [4.78, 5) is 20.3. The molecular formula is C13H16N6O2. The van der Waals surface area contributed by atoms with E-state index in [1.807, 2.05) is 0 Å². The number of hydrogen-bond acceptors (Lipinski definition) is 6. The van der Waals surface area contributed by atoms with Gasteiger partial charge in [0.15, 0.2) is 11.5 Å². The van der Waals surface area contributed by atoms with Gasteiger partial charge in [0.05, 0.1) is 6.20 Å². The summed E-state index contributed by atoms with van der Waals surface area (Å²) in [6.45, 7) is 4.45. The van der Waals surface area contributed by atoms with Crippen LogP contribution in [-0.4, -0.2) is 29.3 Å². The zero-order chi connectivity index (χ0) is 14.8. The normalized spacial score (nSPS) is 11.6. The zero-order valence-corrected chi connectivity index (χ0v) is 11.9. The van der Waals surface area contributed by atoms with Gasteiger partial charge in [0.2, 0.25) is 5.89 Å². The predicted molar refractivity (Wildman–Crippen MR) is 73.8 cm³/mol. The van der Waals surface area contributed by atoms with E-state index in [4.69, 9.17) is 4.52 Å². The first-order valence-electron chi connectivity index (χ1n) is 6.84. The van der Waals surface area contributed by atoms with Crippen molar-refractivity contribution in [2.24, 2.45) is 5.92 Å². The molecule has 3 aromatic rings. The molecule has 3 rings (SSSR count). The Hall–Kier alpha value is -2.51. The van der Waals surface area contributed by atoms with Gasteiger partial charge in [-0.2, -0.15) is 4.98 Å². The highest BCUT2D eigenvalue weighted by atomic mass is 16.5. The molecule has 0 bridgehead atoms. The van der Waals surface area contributed by atoms with Crippen LogP contribution in [0.5, 0.6) is 0 Å². The summed E-state index contributed by atoms with van der Waals surface area (Å²) in [5.41, 5.74) is 0.233. The number of rotatable bonds is 5. The lowest BCUT2D eigenvalue weighted by atomic mass is 10.1. The van der Waals surface area contributed by atoms with Crippen LogP contribution in [0.4, 0.5) is 0 Å². The van der Waals surface area contributed by atoms with Gasteiger partial charge in [-0.15, -0.1) is 5.10 Å². The van der Waals surface area contributed by atoms with Crippen LogP contribution in [0.15, 0.2) is 27.9 Å². The summed E-state index contributed by atoms with van der Waals surface area (Å²) in [6, 6.07) is 0. The monoisotopic (exact) mass is 288 g/mol. The van der Waals surface area contributed by atoms with E-state index < -0.39 is 0 Å². The molecule has 0 atom stereocenters. The topological polar surface area (TPSA) is 91.1 Å². The van der Waals surface area contributed by atoms with E-state index in [9.17, 15) is 4.79 Å². The molecular weight excluding hydrogens is 272 g/mol. The molecule has 0 aliphatic heterocycles. The first-order chi connectivity index (χ1) is 10.1. The Morgan fingerprint density at radius 3 is 3.00 bits per heavy atom. The van der Waals surface area contributed by atoms with Gasteiger partial charge in [0.25, 0.3) is 0 Å². The van der Waals surface area contributed by atoms with E-state index in [2.05, 4.69) is 34.1 Å². The Labute approximate surface area is 120 Å². The standard InChI is InChI=1S/C13H16N6O2/c1-9(2)3-4-10-15-12(21-17-10)8-19-13(20)18-6-5-14-7-11(18)16-19/h5-7,9H,3-4,8H2,1-2H3. The molecule has 0 N–H and O–H groups in total. The third-order valence-corrected chi connectivity index (χ3v) is 3.13. The van der Waals surface area contributed by atoms with Gasteiger partial charge in [0.1, 0.15) is 6.54 Å². The van der Waals surface area contributed by atoms with Crippen molar-refractivity contribution in [2.45, 2.75) is 33.2 Å². The smallest absolute Gasteiger partial charge is 0.337 e. The summed E-state index contributed by atoms with van der Waals surface area (Å²) in [5.74, 6) is 1.63. The molecule has 0 aliphatic carbocycles. The third-order valence-electron chi connectivity index (χ3n) is 3.13. The molecule has 3 aromatic heterocycles.